The van der Waals surface area contributed by atoms with Gasteiger partial charge in [0.2, 0.25) is 5.91 Å². The number of benzene rings is 1. The number of hydrogen-bond donors (Lipinski definition) is 2. The second kappa shape index (κ2) is 8.99. The van der Waals surface area contributed by atoms with Crippen LogP contribution < -0.4 is 10.6 Å². The van der Waals surface area contributed by atoms with Gasteiger partial charge in [0.05, 0.1) is 11.2 Å². The Bertz CT molecular complexity index is 858. The minimum absolute atomic E-state index is 0.100. The molecule has 2 N–H and O–H groups in total. The Kier molecular flexibility index (Phi) is 7.11. The highest BCUT2D eigenvalue weighted by Gasteiger charge is 2.25. The first kappa shape index (κ1) is 22.9. The Morgan fingerprint density at radius 2 is 1.69 bits per heavy atom. The van der Waals surface area contributed by atoms with Crippen molar-refractivity contribution in [2.75, 3.05) is 11.9 Å². The topological polar surface area (TPSA) is 76.0 Å². The van der Waals surface area contributed by atoms with E-state index in [0.29, 0.717) is 35.8 Å². The average Bonchev–Trinajstić information content (AvgIpc) is 3.03. The predicted octanol–water partition coefficient (Wildman–Crippen LogP) is 4.74. The minimum Gasteiger partial charge on any atom is -0.352 e. The molecule has 2 rings (SSSR count). The van der Waals surface area contributed by atoms with Crippen LogP contribution in [0.1, 0.15) is 70.4 Å². The quantitative estimate of drug-likeness (QED) is 0.665. The van der Waals surface area contributed by atoms with E-state index in [4.69, 9.17) is 16.7 Å². The van der Waals surface area contributed by atoms with E-state index in [9.17, 15) is 9.59 Å². The van der Waals surface area contributed by atoms with Crippen molar-refractivity contribution in [1.29, 1.82) is 0 Å². The summed E-state index contributed by atoms with van der Waals surface area (Å²) in [4.78, 5) is 24.5. The molecule has 0 fully saturated rings. The second-order valence-corrected chi connectivity index (χ2v) is 9.60. The molecule has 1 heterocycles. The molecule has 0 saturated carbocycles. The molecule has 0 aliphatic rings. The molecule has 0 unspecified atom stereocenters. The van der Waals surface area contributed by atoms with E-state index in [1.165, 1.54) is 0 Å². The smallest absolute Gasteiger partial charge is 0.251 e. The molecule has 29 heavy (non-hydrogen) atoms. The Morgan fingerprint density at radius 1 is 1.07 bits per heavy atom. The molecule has 2 aromatic rings. The van der Waals surface area contributed by atoms with Crippen LogP contribution >= 0.6 is 11.6 Å². The maximum Gasteiger partial charge on any atom is 0.251 e. The highest BCUT2D eigenvalue weighted by Crippen LogP contribution is 2.28. The zero-order valence-electron chi connectivity index (χ0n) is 18.1. The molecule has 0 radical (unpaired) electrons. The van der Waals surface area contributed by atoms with Gasteiger partial charge < -0.3 is 10.6 Å². The number of carbonyl (C=O) groups is 2. The molecular formula is C22H31ClN4O2. The summed E-state index contributed by atoms with van der Waals surface area (Å²) in [6.45, 7) is 12.9. The van der Waals surface area contributed by atoms with Crippen molar-refractivity contribution >= 4 is 29.2 Å². The molecule has 0 aliphatic carbocycles. The predicted molar refractivity (Wildman–Crippen MR) is 118 cm³/mol. The molecule has 2 amide bonds. The summed E-state index contributed by atoms with van der Waals surface area (Å²) in [5.74, 6) is 0.414. The van der Waals surface area contributed by atoms with Crippen molar-refractivity contribution in [3.8, 4) is 0 Å². The van der Waals surface area contributed by atoms with Crippen molar-refractivity contribution in [3.63, 3.8) is 0 Å². The van der Waals surface area contributed by atoms with Gasteiger partial charge in [0, 0.05) is 35.0 Å². The van der Waals surface area contributed by atoms with E-state index < -0.39 is 0 Å². The van der Waals surface area contributed by atoms with E-state index in [-0.39, 0.29) is 22.8 Å². The van der Waals surface area contributed by atoms with Crippen molar-refractivity contribution < 1.29 is 9.59 Å². The Morgan fingerprint density at radius 3 is 2.24 bits per heavy atom. The van der Waals surface area contributed by atoms with Gasteiger partial charge in [-0.05, 0) is 51.5 Å². The maximum atomic E-state index is 12.4. The lowest BCUT2D eigenvalue weighted by molar-refractivity contribution is -0.116. The second-order valence-electron chi connectivity index (χ2n) is 9.16. The lowest BCUT2D eigenvalue weighted by Crippen LogP contribution is -2.28. The number of nitrogens with zero attached hydrogens (tertiary/aromatic N) is 2. The molecule has 1 aromatic heterocycles. The number of hydrogen-bond acceptors (Lipinski definition) is 3. The van der Waals surface area contributed by atoms with Gasteiger partial charge in [-0.15, -0.1) is 0 Å². The molecule has 0 atom stereocenters. The zero-order chi connectivity index (χ0) is 21.8. The molecule has 0 spiro atoms. The van der Waals surface area contributed by atoms with Crippen LogP contribution in [0.5, 0.6) is 0 Å². The van der Waals surface area contributed by atoms with Crippen LogP contribution in [0.15, 0.2) is 30.3 Å². The summed E-state index contributed by atoms with van der Waals surface area (Å²) in [7, 11) is 0. The van der Waals surface area contributed by atoms with Crippen LogP contribution in [0, 0.1) is 0 Å². The summed E-state index contributed by atoms with van der Waals surface area (Å²) >= 11 is 5.83. The Hall–Kier alpha value is -2.34. The van der Waals surface area contributed by atoms with Crippen molar-refractivity contribution in [1.82, 2.24) is 15.1 Å². The fourth-order valence-electron chi connectivity index (χ4n) is 2.71. The third-order valence-electron chi connectivity index (χ3n) is 4.35. The SMILES string of the molecule is CC(C)(C)c1cc(NC(=O)CCCNC(=O)c2ccc(Cl)cc2)n(C(C)(C)C)n1. The number of aromatic nitrogens is 2. The molecule has 1 aromatic carbocycles. The molecule has 158 valence electrons. The van der Waals surface area contributed by atoms with Crippen LogP contribution in [-0.4, -0.2) is 28.1 Å². The van der Waals surface area contributed by atoms with E-state index in [1.54, 1.807) is 24.3 Å². The Labute approximate surface area is 178 Å². The standard InChI is InChI=1S/C22H31ClN4O2/c1-21(2,3)17-14-18(27(26-17)22(4,5)6)25-19(28)8-7-13-24-20(29)15-9-11-16(23)12-10-15/h9-12,14H,7-8,13H2,1-6H3,(H,24,29)(H,25,28). The van der Waals surface area contributed by atoms with Crippen LogP contribution in [0.2, 0.25) is 5.02 Å². The average molecular weight is 419 g/mol. The number of carbonyl (C=O) groups excluding carboxylic acids is 2. The van der Waals surface area contributed by atoms with Gasteiger partial charge in [-0.2, -0.15) is 5.10 Å². The number of halogens is 1. The van der Waals surface area contributed by atoms with Gasteiger partial charge >= 0.3 is 0 Å². The Balaban J connectivity index is 1.90. The first-order valence-corrected chi connectivity index (χ1v) is 10.2. The van der Waals surface area contributed by atoms with E-state index in [2.05, 4.69) is 31.4 Å². The van der Waals surface area contributed by atoms with Crippen LogP contribution in [0.4, 0.5) is 5.82 Å². The summed E-state index contributed by atoms with van der Waals surface area (Å²) in [5.41, 5.74) is 1.11. The summed E-state index contributed by atoms with van der Waals surface area (Å²) in [6.07, 6.45) is 0.849. The van der Waals surface area contributed by atoms with Crippen LogP contribution in [0.25, 0.3) is 0 Å². The molecular weight excluding hydrogens is 388 g/mol. The van der Waals surface area contributed by atoms with Gasteiger partial charge in [-0.25, -0.2) is 4.68 Å². The summed E-state index contributed by atoms with van der Waals surface area (Å²) in [5, 5.41) is 11.1. The number of rotatable bonds is 6. The van der Waals surface area contributed by atoms with Gasteiger partial charge in [0.25, 0.3) is 5.91 Å². The molecule has 0 aliphatic heterocycles. The third-order valence-corrected chi connectivity index (χ3v) is 4.61. The van der Waals surface area contributed by atoms with Gasteiger partial charge in [0.1, 0.15) is 5.82 Å². The lowest BCUT2D eigenvalue weighted by atomic mass is 9.92. The van der Waals surface area contributed by atoms with Gasteiger partial charge in [0.15, 0.2) is 0 Å². The monoisotopic (exact) mass is 418 g/mol. The molecule has 6 nitrogen and oxygen atoms in total. The molecule has 0 bridgehead atoms. The van der Waals surface area contributed by atoms with Crippen molar-refractivity contribution in [3.05, 3.63) is 46.6 Å². The molecule has 0 saturated heterocycles. The fraction of sp³-hybridized carbons (Fsp3) is 0.500. The fourth-order valence-corrected chi connectivity index (χ4v) is 2.83. The van der Waals surface area contributed by atoms with Crippen LogP contribution in [0.3, 0.4) is 0 Å². The third kappa shape index (κ3) is 6.60. The summed E-state index contributed by atoms with van der Waals surface area (Å²) in [6, 6.07) is 8.63. The largest absolute Gasteiger partial charge is 0.352 e. The van der Waals surface area contributed by atoms with Gasteiger partial charge in [-0.1, -0.05) is 32.4 Å². The van der Waals surface area contributed by atoms with Crippen molar-refractivity contribution in [2.24, 2.45) is 0 Å². The number of anilines is 1. The minimum atomic E-state index is -0.251. The number of nitrogens with one attached hydrogen (secondary N) is 2. The number of amides is 2. The zero-order valence-corrected chi connectivity index (χ0v) is 18.9. The van der Waals surface area contributed by atoms with Crippen molar-refractivity contribution in [2.45, 2.75) is 65.3 Å². The van der Waals surface area contributed by atoms with E-state index in [1.807, 2.05) is 31.5 Å². The highest BCUT2D eigenvalue weighted by molar-refractivity contribution is 6.30. The lowest BCUT2D eigenvalue weighted by Gasteiger charge is -2.23. The first-order valence-electron chi connectivity index (χ1n) is 9.82. The molecule has 7 heteroatoms. The van der Waals surface area contributed by atoms with E-state index >= 15 is 0 Å². The first-order chi connectivity index (χ1) is 13.4. The normalized spacial score (nSPS) is 12.0. The van der Waals surface area contributed by atoms with E-state index in [0.717, 1.165) is 5.69 Å². The van der Waals surface area contributed by atoms with Gasteiger partial charge in [-0.3, -0.25) is 9.59 Å². The highest BCUT2D eigenvalue weighted by atomic mass is 35.5. The maximum absolute atomic E-state index is 12.4. The summed E-state index contributed by atoms with van der Waals surface area (Å²) < 4.78 is 1.85. The van der Waals surface area contributed by atoms with Crippen LogP contribution in [-0.2, 0) is 15.7 Å².